The highest BCUT2D eigenvalue weighted by Gasteiger charge is 2.28. The summed E-state index contributed by atoms with van der Waals surface area (Å²) in [6, 6.07) is 14.0. The molecule has 0 aliphatic carbocycles. The largest absolute Gasteiger partial charge is 0.349 e. The lowest BCUT2D eigenvalue weighted by Gasteiger charge is -2.32. The van der Waals surface area contributed by atoms with Crippen molar-refractivity contribution in [2.24, 2.45) is 5.92 Å². The van der Waals surface area contributed by atoms with Crippen LogP contribution in [0.5, 0.6) is 0 Å². The average molecular weight is 382 g/mol. The van der Waals surface area contributed by atoms with Crippen LogP contribution in [0, 0.1) is 5.92 Å². The first-order valence-corrected chi connectivity index (χ1v) is 10.1. The molecule has 0 bridgehead atoms. The zero-order chi connectivity index (χ0) is 18.6. The first-order valence-electron chi connectivity index (χ1n) is 9.28. The van der Waals surface area contributed by atoms with Gasteiger partial charge in [0.2, 0.25) is 16.2 Å². The lowest BCUT2D eigenvalue weighted by Crippen LogP contribution is -2.43. The maximum Gasteiger partial charge on any atom is 0.225 e. The molecule has 1 aliphatic heterocycles. The van der Waals surface area contributed by atoms with Crippen LogP contribution in [0.25, 0.3) is 5.13 Å². The average Bonchev–Trinajstić information content (AvgIpc) is 3.40. The van der Waals surface area contributed by atoms with Gasteiger partial charge in [0.15, 0.2) is 0 Å². The van der Waals surface area contributed by atoms with Crippen molar-refractivity contribution in [2.45, 2.75) is 25.8 Å². The number of hydrogen-bond donors (Lipinski definition) is 1. The van der Waals surface area contributed by atoms with Gasteiger partial charge in [0, 0.05) is 25.5 Å². The number of piperidine rings is 1. The van der Waals surface area contributed by atoms with E-state index in [4.69, 9.17) is 0 Å². The van der Waals surface area contributed by atoms with Crippen LogP contribution in [0.4, 0.5) is 5.13 Å². The van der Waals surface area contributed by atoms with E-state index in [0.717, 1.165) is 35.2 Å². The zero-order valence-electron chi connectivity index (χ0n) is 15.3. The van der Waals surface area contributed by atoms with Gasteiger partial charge in [0.1, 0.15) is 0 Å². The van der Waals surface area contributed by atoms with E-state index in [2.05, 4.69) is 20.4 Å². The number of anilines is 1. The molecular formula is C20H23N5OS. The van der Waals surface area contributed by atoms with E-state index < -0.39 is 0 Å². The summed E-state index contributed by atoms with van der Waals surface area (Å²) in [6.07, 6.45) is 5.81. The monoisotopic (exact) mass is 381 g/mol. The van der Waals surface area contributed by atoms with Crippen molar-refractivity contribution in [1.29, 1.82) is 0 Å². The Morgan fingerprint density at radius 1 is 1.15 bits per heavy atom. The third-order valence-corrected chi connectivity index (χ3v) is 5.95. The Kier molecular flexibility index (Phi) is 5.20. The molecule has 0 radical (unpaired) electrons. The van der Waals surface area contributed by atoms with E-state index in [-0.39, 0.29) is 17.9 Å². The van der Waals surface area contributed by atoms with Gasteiger partial charge >= 0.3 is 0 Å². The van der Waals surface area contributed by atoms with Gasteiger partial charge in [0.25, 0.3) is 0 Å². The maximum absolute atomic E-state index is 12.8. The molecule has 1 N–H and O–H groups in total. The van der Waals surface area contributed by atoms with E-state index in [1.165, 1.54) is 0 Å². The smallest absolute Gasteiger partial charge is 0.225 e. The fourth-order valence-electron chi connectivity index (χ4n) is 3.42. The molecular weight excluding hydrogens is 358 g/mol. The van der Waals surface area contributed by atoms with Crippen molar-refractivity contribution in [3.05, 3.63) is 60.4 Å². The number of aromatic nitrogens is 3. The van der Waals surface area contributed by atoms with Crippen LogP contribution in [0.1, 0.15) is 31.4 Å². The topological polar surface area (TPSA) is 63.1 Å². The Morgan fingerprint density at radius 3 is 2.67 bits per heavy atom. The first kappa shape index (κ1) is 17.7. The van der Waals surface area contributed by atoms with Crippen molar-refractivity contribution in [2.75, 3.05) is 18.0 Å². The van der Waals surface area contributed by atoms with Gasteiger partial charge in [-0.25, -0.2) is 0 Å². The second-order valence-electron chi connectivity index (χ2n) is 6.88. The molecule has 2 aromatic heterocycles. The van der Waals surface area contributed by atoms with Gasteiger partial charge in [-0.3, -0.25) is 9.36 Å². The lowest BCUT2D eigenvalue weighted by molar-refractivity contribution is -0.125. The quantitative estimate of drug-likeness (QED) is 0.736. The molecule has 1 aromatic carbocycles. The lowest BCUT2D eigenvalue weighted by atomic mass is 9.96. The molecule has 7 heteroatoms. The first-order chi connectivity index (χ1) is 13.2. The van der Waals surface area contributed by atoms with E-state index in [1.54, 1.807) is 11.3 Å². The minimum atomic E-state index is -0.0242. The predicted octanol–water partition coefficient (Wildman–Crippen LogP) is 3.42. The van der Waals surface area contributed by atoms with Crippen molar-refractivity contribution < 1.29 is 4.79 Å². The molecule has 0 spiro atoms. The Morgan fingerprint density at radius 2 is 1.89 bits per heavy atom. The third kappa shape index (κ3) is 4.03. The predicted molar refractivity (Wildman–Crippen MR) is 107 cm³/mol. The van der Waals surface area contributed by atoms with Crippen molar-refractivity contribution in [3.8, 4) is 5.13 Å². The molecule has 1 amide bonds. The number of amides is 1. The van der Waals surface area contributed by atoms with Crippen LogP contribution in [-0.4, -0.2) is 33.8 Å². The van der Waals surface area contributed by atoms with Crippen LogP contribution in [0.15, 0.2) is 54.9 Å². The molecule has 1 fully saturated rings. The summed E-state index contributed by atoms with van der Waals surface area (Å²) in [5.41, 5.74) is 1.12. The number of hydrogen-bond acceptors (Lipinski definition) is 5. The van der Waals surface area contributed by atoms with Gasteiger partial charge in [-0.15, -0.1) is 10.2 Å². The number of nitrogens with zero attached hydrogens (tertiary/aromatic N) is 4. The number of nitrogens with one attached hydrogen (secondary N) is 1. The Labute approximate surface area is 162 Å². The number of carbonyl (C=O) groups excluding carboxylic acids is 1. The van der Waals surface area contributed by atoms with Crippen LogP contribution in [0.3, 0.4) is 0 Å². The molecule has 140 valence electrons. The van der Waals surface area contributed by atoms with E-state index in [1.807, 2.05) is 66.3 Å². The third-order valence-electron chi connectivity index (χ3n) is 4.95. The van der Waals surface area contributed by atoms with Gasteiger partial charge in [-0.05, 0) is 37.5 Å². The van der Waals surface area contributed by atoms with Gasteiger partial charge in [0.05, 0.1) is 12.0 Å². The van der Waals surface area contributed by atoms with E-state index in [0.29, 0.717) is 6.54 Å². The zero-order valence-corrected chi connectivity index (χ0v) is 16.1. The van der Waals surface area contributed by atoms with Crippen molar-refractivity contribution in [1.82, 2.24) is 20.1 Å². The Bertz CT molecular complexity index is 877. The highest BCUT2D eigenvalue weighted by Crippen LogP contribution is 2.28. The van der Waals surface area contributed by atoms with Gasteiger partial charge in [-0.2, -0.15) is 0 Å². The van der Waals surface area contributed by atoms with Crippen LogP contribution in [-0.2, 0) is 4.79 Å². The number of benzene rings is 1. The minimum absolute atomic E-state index is 0.0101. The molecule has 3 aromatic rings. The van der Waals surface area contributed by atoms with Gasteiger partial charge in [-0.1, -0.05) is 41.7 Å². The normalized spacial score (nSPS) is 18.3. The summed E-state index contributed by atoms with van der Waals surface area (Å²) < 4.78 is 1.96. The second-order valence-corrected chi connectivity index (χ2v) is 7.82. The molecule has 27 heavy (non-hydrogen) atoms. The highest BCUT2D eigenvalue weighted by molar-refractivity contribution is 7.17. The SMILES string of the molecule is C[C@@H](NC(=O)[C@@H]1CCCN(c2nnc(-n3cccc3)s2)C1)c1ccccc1. The molecule has 0 saturated carbocycles. The molecule has 3 heterocycles. The van der Waals surface area contributed by atoms with Crippen molar-refractivity contribution >= 4 is 22.4 Å². The Hall–Kier alpha value is -2.67. The second kappa shape index (κ2) is 7.92. The fraction of sp³-hybridized carbons (Fsp3) is 0.350. The Balaban J connectivity index is 1.40. The summed E-state index contributed by atoms with van der Waals surface area (Å²) in [5, 5.41) is 13.5. The number of carbonyl (C=O) groups is 1. The van der Waals surface area contributed by atoms with Crippen LogP contribution >= 0.6 is 11.3 Å². The standard InChI is InChI=1S/C20H23N5OS/c1-15(16-8-3-2-4-9-16)21-18(26)17-10-7-13-25(14-17)20-23-22-19(27-20)24-11-5-6-12-24/h2-6,8-9,11-12,15,17H,7,10,13-14H2,1H3,(H,21,26)/t15-,17-/m1/s1. The van der Waals surface area contributed by atoms with Gasteiger partial charge < -0.3 is 10.2 Å². The number of rotatable bonds is 5. The molecule has 4 rings (SSSR count). The van der Waals surface area contributed by atoms with E-state index in [9.17, 15) is 4.79 Å². The van der Waals surface area contributed by atoms with Crippen LogP contribution < -0.4 is 10.2 Å². The maximum atomic E-state index is 12.8. The van der Waals surface area contributed by atoms with E-state index >= 15 is 0 Å². The summed E-state index contributed by atoms with van der Waals surface area (Å²) >= 11 is 1.56. The summed E-state index contributed by atoms with van der Waals surface area (Å²) in [6.45, 7) is 3.63. The molecule has 0 unspecified atom stereocenters. The summed E-state index contributed by atoms with van der Waals surface area (Å²) in [7, 11) is 0. The van der Waals surface area contributed by atoms with Crippen LogP contribution in [0.2, 0.25) is 0 Å². The molecule has 2 atom stereocenters. The minimum Gasteiger partial charge on any atom is -0.349 e. The summed E-state index contributed by atoms with van der Waals surface area (Å²) in [5.74, 6) is 0.0926. The highest BCUT2D eigenvalue weighted by atomic mass is 32.1. The summed E-state index contributed by atoms with van der Waals surface area (Å²) in [4.78, 5) is 15.0. The molecule has 1 aliphatic rings. The van der Waals surface area contributed by atoms with Crippen molar-refractivity contribution in [3.63, 3.8) is 0 Å². The molecule has 1 saturated heterocycles. The fourth-order valence-corrected chi connectivity index (χ4v) is 4.27. The molecule has 6 nitrogen and oxygen atoms in total.